The van der Waals surface area contributed by atoms with Crippen LogP contribution in [0.2, 0.25) is 5.02 Å². The van der Waals surface area contributed by atoms with E-state index in [-0.39, 0.29) is 16.6 Å². The summed E-state index contributed by atoms with van der Waals surface area (Å²) >= 11 is 5.97. The van der Waals surface area contributed by atoms with Crippen molar-refractivity contribution in [3.8, 4) is 0 Å². The zero-order valence-corrected chi connectivity index (χ0v) is 13.1. The van der Waals surface area contributed by atoms with Crippen LogP contribution >= 0.6 is 11.6 Å². The van der Waals surface area contributed by atoms with E-state index in [4.69, 9.17) is 11.6 Å². The Balaban J connectivity index is 1.88. The number of hydrogen-bond donors (Lipinski definition) is 1. The van der Waals surface area contributed by atoms with E-state index in [1.807, 2.05) is 24.4 Å². The van der Waals surface area contributed by atoms with Crippen molar-refractivity contribution in [1.82, 2.24) is 4.98 Å². The number of H-pyrrole nitrogens is 1. The van der Waals surface area contributed by atoms with E-state index < -0.39 is 0 Å². The largest absolute Gasteiger partial charge is 0.360 e. The number of aromatic amines is 1. The molecule has 0 radical (unpaired) electrons. The van der Waals surface area contributed by atoms with Gasteiger partial charge in [-0.05, 0) is 28.9 Å². The van der Waals surface area contributed by atoms with Crippen molar-refractivity contribution in [3.05, 3.63) is 35.0 Å². The van der Waals surface area contributed by atoms with Gasteiger partial charge < -0.3 is 4.98 Å². The Hall–Kier alpha value is -1.28. The average molecular weight is 290 g/mol. The molecule has 1 aliphatic carbocycles. The number of hydrogen-bond acceptors (Lipinski definition) is 1. The second kappa shape index (κ2) is 4.11. The number of rotatable bonds is 3. The zero-order chi connectivity index (χ0) is 14.7. The Morgan fingerprint density at radius 1 is 1.25 bits per heavy atom. The molecule has 1 saturated carbocycles. The summed E-state index contributed by atoms with van der Waals surface area (Å²) in [7, 11) is 0. The number of halogens is 1. The van der Waals surface area contributed by atoms with Crippen molar-refractivity contribution in [3.63, 3.8) is 0 Å². The van der Waals surface area contributed by atoms with Gasteiger partial charge in [-0.3, -0.25) is 4.79 Å². The van der Waals surface area contributed by atoms with Crippen LogP contribution in [0.1, 0.15) is 44.5 Å². The van der Waals surface area contributed by atoms with Gasteiger partial charge in [-0.25, -0.2) is 0 Å². The Labute approximate surface area is 124 Å². The molecule has 2 aromatic rings. The maximum atomic E-state index is 12.6. The molecule has 0 spiro atoms. The molecule has 2 nitrogen and oxygen atoms in total. The van der Waals surface area contributed by atoms with Crippen LogP contribution in [-0.4, -0.2) is 10.8 Å². The first-order valence-corrected chi connectivity index (χ1v) is 7.43. The maximum absolute atomic E-state index is 12.6. The van der Waals surface area contributed by atoms with Crippen LogP contribution in [0, 0.1) is 16.7 Å². The average Bonchev–Trinajstić information content (AvgIpc) is 2.69. The van der Waals surface area contributed by atoms with Gasteiger partial charge in [0.05, 0.1) is 0 Å². The molecule has 1 aromatic carbocycles. The molecular formula is C17H20ClNO. The summed E-state index contributed by atoms with van der Waals surface area (Å²) in [5.41, 5.74) is 2.21. The second-order valence-electron chi connectivity index (χ2n) is 7.02. The SMILES string of the molecule is CC1(C)C(CC(=O)c2c[nH]c3cc(Cl)ccc23)C1(C)C. The normalized spacial score (nSPS) is 20.2. The van der Waals surface area contributed by atoms with Crippen molar-refractivity contribution in [1.29, 1.82) is 0 Å². The fraction of sp³-hybridized carbons (Fsp3) is 0.471. The molecule has 3 rings (SSSR count). The third-order valence-corrected chi connectivity index (χ3v) is 5.89. The van der Waals surface area contributed by atoms with Gasteiger partial charge >= 0.3 is 0 Å². The molecule has 106 valence electrons. The summed E-state index contributed by atoms with van der Waals surface area (Å²) in [4.78, 5) is 15.7. The van der Waals surface area contributed by atoms with E-state index in [0.717, 1.165) is 16.5 Å². The smallest absolute Gasteiger partial charge is 0.165 e. The zero-order valence-electron chi connectivity index (χ0n) is 12.4. The van der Waals surface area contributed by atoms with E-state index in [2.05, 4.69) is 32.7 Å². The summed E-state index contributed by atoms with van der Waals surface area (Å²) in [6.07, 6.45) is 2.43. The molecular weight excluding hydrogens is 270 g/mol. The van der Waals surface area contributed by atoms with Gasteiger partial charge in [0.15, 0.2) is 5.78 Å². The van der Waals surface area contributed by atoms with E-state index in [1.165, 1.54) is 0 Å². The fourth-order valence-corrected chi connectivity index (χ4v) is 3.64. The number of carbonyl (C=O) groups is 1. The molecule has 1 aromatic heterocycles. The highest BCUT2D eigenvalue weighted by Crippen LogP contribution is 2.69. The molecule has 0 bridgehead atoms. The summed E-state index contributed by atoms with van der Waals surface area (Å²) in [6.45, 7) is 9.00. The van der Waals surface area contributed by atoms with Gasteiger partial charge in [-0.1, -0.05) is 45.4 Å². The lowest BCUT2D eigenvalue weighted by atomic mass is 10.0. The molecule has 0 atom stereocenters. The second-order valence-corrected chi connectivity index (χ2v) is 7.45. The summed E-state index contributed by atoms with van der Waals surface area (Å²) in [6, 6.07) is 5.61. The lowest BCUT2D eigenvalue weighted by Gasteiger charge is -2.04. The molecule has 0 aliphatic heterocycles. The Morgan fingerprint density at radius 2 is 1.90 bits per heavy atom. The Morgan fingerprint density at radius 3 is 2.50 bits per heavy atom. The van der Waals surface area contributed by atoms with E-state index >= 15 is 0 Å². The lowest BCUT2D eigenvalue weighted by Crippen LogP contribution is -2.02. The molecule has 1 heterocycles. The summed E-state index contributed by atoms with van der Waals surface area (Å²) < 4.78 is 0. The quantitative estimate of drug-likeness (QED) is 0.786. The molecule has 3 heteroatoms. The number of ketones is 1. The van der Waals surface area contributed by atoms with Crippen molar-refractivity contribution >= 4 is 28.3 Å². The van der Waals surface area contributed by atoms with Crippen LogP contribution in [0.25, 0.3) is 10.9 Å². The number of benzene rings is 1. The van der Waals surface area contributed by atoms with Gasteiger partial charge in [0, 0.05) is 34.1 Å². The minimum atomic E-state index is 0.224. The van der Waals surface area contributed by atoms with E-state index in [1.54, 1.807) is 0 Å². The topological polar surface area (TPSA) is 32.9 Å². The summed E-state index contributed by atoms with van der Waals surface area (Å²) in [5, 5.41) is 1.65. The molecule has 0 amide bonds. The predicted octanol–water partition coefficient (Wildman–Crippen LogP) is 5.08. The molecule has 0 unspecified atom stereocenters. The standard InChI is InChI=1S/C17H20ClNO/c1-16(2)15(17(16,3)4)8-14(20)12-9-19-13-7-10(18)5-6-11(12)13/h5-7,9,15,19H,8H2,1-4H3. The first kappa shape index (κ1) is 13.7. The molecule has 1 fully saturated rings. The third kappa shape index (κ3) is 1.81. The molecule has 0 saturated heterocycles. The number of nitrogens with one attached hydrogen (secondary N) is 1. The van der Waals surface area contributed by atoms with Crippen molar-refractivity contribution < 1.29 is 4.79 Å². The van der Waals surface area contributed by atoms with Gasteiger partial charge in [0.2, 0.25) is 0 Å². The van der Waals surface area contributed by atoms with Crippen LogP contribution in [0.3, 0.4) is 0 Å². The van der Waals surface area contributed by atoms with Gasteiger partial charge in [-0.2, -0.15) is 0 Å². The van der Waals surface area contributed by atoms with Gasteiger partial charge in [0.25, 0.3) is 0 Å². The van der Waals surface area contributed by atoms with Crippen LogP contribution in [-0.2, 0) is 0 Å². The highest BCUT2D eigenvalue weighted by Gasteiger charge is 2.64. The van der Waals surface area contributed by atoms with Crippen molar-refractivity contribution in [2.75, 3.05) is 0 Å². The predicted molar refractivity (Wildman–Crippen MR) is 83.3 cm³/mol. The fourth-order valence-electron chi connectivity index (χ4n) is 3.47. The van der Waals surface area contributed by atoms with Crippen molar-refractivity contribution in [2.45, 2.75) is 34.1 Å². The van der Waals surface area contributed by atoms with E-state index in [9.17, 15) is 4.79 Å². The third-order valence-electron chi connectivity index (χ3n) is 5.65. The van der Waals surface area contributed by atoms with Gasteiger partial charge in [0.1, 0.15) is 0 Å². The number of carbonyl (C=O) groups excluding carboxylic acids is 1. The van der Waals surface area contributed by atoms with Crippen LogP contribution in [0.4, 0.5) is 0 Å². The van der Waals surface area contributed by atoms with Gasteiger partial charge in [-0.15, -0.1) is 0 Å². The minimum absolute atomic E-state index is 0.224. The first-order chi connectivity index (χ1) is 9.25. The lowest BCUT2D eigenvalue weighted by molar-refractivity contribution is 0.0970. The molecule has 20 heavy (non-hydrogen) atoms. The number of fused-ring (bicyclic) bond motifs is 1. The monoisotopic (exact) mass is 289 g/mol. The maximum Gasteiger partial charge on any atom is 0.165 e. The van der Waals surface area contributed by atoms with Crippen molar-refractivity contribution in [2.24, 2.45) is 16.7 Å². The Bertz CT molecular complexity index is 682. The highest BCUT2D eigenvalue weighted by molar-refractivity contribution is 6.31. The summed E-state index contributed by atoms with van der Waals surface area (Å²) in [5.74, 6) is 0.682. The molecule has 1 N–H and O–H groups in total. The highest BCUT2D eigenvalue weighted by atomic mass is 35.5. The number of aromatic nitrogens is 1. The number of Topliss-reactive ketones (excluding diaryl/α,β-unsaturated/α-hetero) is 1. The molecule has 1 aliphatic rings. The van der Waals surface area contributed by atoms with E-state index in [0.29, 0.717) is 17.4 Å². The minimum Gasteiger partial charge on any atom is -0.360 e. The van der Waals surface area contributed by atoms with Crippen LogP contribution in [0.15, 0.2) is 24.4 Å². The van der Waals surface area contributed by atoms with Crippen LogP contribution < -0.4 is 0 Å². The van der Waals surface area contributed by atoms with Crippen LogP contribution in [0.5, 0.6) is 0 Å². The first-order valence-electron chi connectivity index (χ1n) is 7.05. The Kier molecular flexibility index (Phi) is 2.81.